The van der Waals surface area contributed by atoms with E-state index in [2.05, 4.69) is 0 Å². The molecule has 0 aliphatic heterocycles. The lowest BCUT2D eigenvalue weighted by Crippen LogP contribution is -1.50. The van der Waals surface area contributed by atoms with Crippen molar-refractivity contribution in [3.8, 4) is 0 Å². The Balaban J connectivity index is 3.62. The van der Waals surface area contributed by atoms with Crippen molar-refractivity contribution in [1.82, 2.24) is 0 Å². The highest BCUT2D eigenvalue weighted by molar-refractivity contribution is 5.17. The third kappa shape index (κ3) is 8.70. The van der Waals surface area contributed by atoms with Gasteiger partial charge in [-0.05, 0) is 13.8 Å². The van der Waals surface area contributed by atoms with Crippen molar-refractivity contribution in [2.24, 2.45) is 0 Å². The zero-order valence-corrected chi connectivity index (χ0v) is 7.77. The summed E-state index contributed by atoms with van der Waals surface area (Å²) in [6.07, 6.45) is 20.0. The fraction of sp³-hybridized carbons (Fsp3) is 0.167. The van der Waals surface area contributed by atoms with Gasteiger partial charge < -0.3 is 0 Å². The van der Waals surface area contributed by atoms with Crippen molar-refractivity contribution in [1.29, 1.82) is 0 Å². The Bertz CT molecular complexity index is 188. The van der Waals surface area contributed by atoms with Crippen molar-refractivity contribution in [3.63, 3.8) is 0 Å². The predicted octanol–water partition coefficient (Wildman–Crippen LogP) is 3.81. The van der Waals surface area contributed by atoms with Crippen LogP contribution in [0.1, 0.15) is 13.8 Å². The molecule has 0 aliphatic rings. The molecule has 0 heteroatoms. The van der Waals surface area contributed by atoms with Crippen molar-refractivity contribution in [2.75, 3.05) is 0 Å². The molecule has 0 saturated heterocycles. The van der Waals surface area contributed by atoms with Crippen LogP contribution in [0.4, 0.5) is 0 Å². The summed E-state index contributed by atoms with van der Waals surface area (Å²) < 4.78 is 0. The van der Waals surface area contributed by atoms with E-state index in [0.29, 0.717) is 0 Å². The second-order valence-electron chi connectivity index (χ2n) is 2.21. The SMILES string of the molecule is CC=C/C=C/C=C\C=C\C=C/C. The maximum atomic E-state index is 2.00. The fourth-order valence-electron chi connectivity index (χ4n) is 0.607. The highest BCUT2D eigenvalue weighted by Gasteiger charge is 1.60. The first-order valence-electron chi connectivity index (χ1n) is 4.15. The Labute approximate surface area is 75.3 Å². The van der Waals surface area contributed by atoms with Gasteiger partial charge in [-0.2, -0.15) is 0 Å². The normalized spacial score (nSPS) is 13.8. The smallest absolute Gasteiger partial charge is 0.0467 e. The number of hydrogen-bond acceptors (Lipinski definition) is 0. The van der Waals surface area contributed by atoms with Gasteiger partial charge in [-0.1, -0.05) is 60.8 Å². The average Bonchev–Trinajstić information content (AvgIpc) is 2.10. The van der Waals surface area contributed by atoms with E-state index in [0.717, 1.165) is 0 Å². The lowest BCUT2D eigenvalue weighted by Gasteiger charge is -1.72. The van der Waals surface area contributed by atoms with Gasteiger partial charge in [0.1, 0.15) is 0 Å². The molecular weight excluding hydrogens is 144 g/mol. The molecule has 0 atom stereocenters. The molecule has 0 N–H and O–H groups in total. The van der Waals surface area contributed by atoms with E-state index in [-0.39, 0.29) is 0 Å². The minimum atomic E-state index is 2.00. The van der Waals surface area contributed by atoms with Crippen molar-refractivity contribution in [3.05, 3.63) is 60.8 Å². The second-order valence-corrected chi connectivity index (χ2v) is 2.21. The van der Waals surface area contributed by atoms with E-state index in [4.69, 9.17) is 0 Å². The molecule has 0 nitrogen and oxygen atoms in total. The molecule has 0 fully saturated rings. The summed E-state index contributed by atoms with van der Waals surface area (Å²) in [4.78, 5) is 0. The summed E-state index contributed by atoms with van der Waals surface area (Å²) in [5.41, 5.74) is 0. The Kier molecular flexibility index (Phi) is 8.65. The Morgan fingerprint density at radius 2 is 0.667 bits per heavy atom. The largest absolute Gasteiger partial charge is 0.0877 e. The molecule has 0 radical (unpaired) electrons. The second kappa shape index (κ2) is 9.70. The molecular formula is C12H16. The van der Waals surface area contributed by atoms with Gasteiger partial charge in [0.25, 0.3) is 0 Å². The summed E-state index contributed by atoms with van der Waals surface area (Å²) in [6.45, 7) is 4.00. The Morgan fingerprint density at radius 3 is 0.917 bits per heavy atom. The van der Waals surface area contributed by atoms with Crippen LogP contribution in [0, 0.1) is 0 Å². The Morgan fingerprint density at radius 1 is 0.417 bits per heavy atom. The molecule has 64 valence electrons. The van der Waals surface area contributed by atoms with E-state index >= 15 is 0 Å². The number of rotatable bonds is 4. The van der Waals surface area contributed by atoms with E-state index in [1.807, 2.05) is 74.6 Å². The molecule has 0 saturated carbocycles. The van der Waals surface area contributed by atoms with Crippen molar-refractivity contribution >= 4 is 0 Å². The van der Waals surface area contributed by atoms with Crippen LogP contribution in [0.25, 0.3) is 0 Å². The van der Waals surface area contributed by atoms with Crippen LogP contribution in [0.5, 0.6) is 0 Å². The van der Waals surface area contributed by atoms with Crippen LogP contribution in [0.2, 0.25) is 0 Å². The first-order chi connectivity index (χ1) is 5.91. The van der Waals surface area contributed by atoms with E-state index < -0.39 is 0 Å². The predicted molar refractivity (Wildman–Crippen MR) is 57.0 cm³/mol. The molecule has 0 heterocycles. The molecule has 0 spiro atoms. The standard InChI is InChI=1S/C12H16/c1-3-5-7-9-11-12-10-8-6-4-2/h3-12H,1-2H3/b5-3-,6-4?,9-7+,10-8+,12-11-. The molecule has 0 aromatic rings. The van der Waals surface area contributed by atoms with Crippen LogP contribution in [-0.4, -0.2) is 0 Å². The molecule has 0 amide bonds. The highest BCUT2D eigenvalue weighted by atomic mass is 13.7. The van der Waals surface area contributed by atoms with Crippen molar-refractivity contribution in [2.45, 2.75) is 13.8 Å². The molecule has 0 rings (SSSR count). The van der Waals surface area contributed by atoms with Gasteiger partial charge >= 0.3 is 0 Å². The fourth-order valence-corrected chi connectivity index (χ4v) is 0.607. The summed E-state index contributed by atoms with van der Waals surface area (Å²) in [5.74, 6) is 0. The molecule has 0 aromatic heterocycles. The quantitative estimate of drug-likeness (QED) is 0.549. The van der Waals surface area contributed by atoms with E-state index in [9.17, 15) is 0 Å². The van der Waals surface area contributed by atoms with Crippen LogP contribution in [0.3, 0.4) is 0 Å². The highest BCUT2D eigenvalue weighted by Crippen LogP contribution is 1.82. The molecule has 0 unspecified atom stereocenters. The summed E-state index contributed by atoms with van der Waals surface area (Å²) >= 11 is 0. The van der Waals surface area contributed by atoms with Crippen LogP contribution >= 0.6 is 0 Å². The monoisotopic (exact) mass is 160 g/mol. The van der Waals surface area contributed by atoms with Gasteiger partial charge in [0, 0.05) is 0 Å². The molecule has 0 aromatic carbocycles. The maximum Gasteiger partial charge on any atom is -0.0467 e. The summed E-state index contributed by atoms with van der Waals surface area (Å²) in [7, 11) is 0. The lowest BCUT2D eigenvalue weighted by molar-refractivity contribution is 1.72. The minimum absolute atomic E-state index is 2.00. The third-order valence-corrected chi connectivity index (χ3v) is 1.16. The summed E-state index contributed by atoms with van der Waals surface area (Å²) in [6, 6.07) is 0. The first-order valence-corrected chi connectivity index (χ1v) is 4.15. The van der Waals surface area contributed by atoms with Gasteiger partial charge in [-0.3, -0.25) is 0 Å². The minimum Gasteiger partial charge on any atom is -0.0877 e. The Hall–Kier alpha value is -1.30. The maximum absolute atomic E-state index is 2.00. The van der Waals surface area contributed by atoms with Gasteiger partial charge in [-0.25, -0.2) is 0 Å². The average molecular weight is 160 g/mol. The van der Waals surface area contributed by atoms with E-state index in [1.165, 1.54) is 0 Å². The lowest BCUT2D eigenvalue weighted by atomic mass is 10.4. The van der Waals surface area contributed by atoms with Crippen LogP contribution < -0.4 is 0 Å². The van der Waals surface area contributed by atoms with Gasteiger partial charge in [0.15, 0.2) is 0 Å². The molecule has 0 aliphatic carbocycles. The number of allylic oxidation sites excluding steroid dienone is 10. The van der Waals surface area contributed by atoms with Gasteiger partial charge in [-0.15, -0.1) is 0 Å². The third-order valence-electron chi connectivity index (χ3n) is 1.16. The van der Waals surface area contributed by atoms with E-state index in [1.54, 1.807) is 0 Å². The zero-order valence-electron chi connectivity index (χ0n) is 7.77. The van der Waals surface area contributed by atoms with Crippen LogP contribution in [-0.2, 0) is 0 Å². The van der Waals surface area contributed by atoms with Crippen LogP contribution in [0.15, 0.2) is 60.8 Å². The topological polar surface area (TPSA) is 0 Å². The molecule has 0 bridgehead atoms. The first kappa shape index (κ1) is 10.7. The zero-order chi connectivity index (χ0) is 9.07. The van der Waals surface area contributed by atoms with Gasteiger partial charge in [0.2, 0.25) is 0 Å². The molecule has 12 heavy (non-hydrogen) atoms. The summed E-state index contributed by atoms with van der Waals surface area (Å²) in [5, 5.41) is 0. The van der Waals surface area contributed by atoms with Crippen molar-refractivity contribution < 1.29 is 0 Å². The van der Waals surface area contributed by atoms with Gasteiger partial charge in [0.05, 0.1) is 0 Å². The number of hydrogen-bond donors (Lipinski definition) is 0.